The number of amides is 1. The number of nitrogens with zero attached hydrogens (tertiary/aromatic N) is 3. The Morgan fingerprint density at radius 1 is 1.13 bits per heavy atom. The molecule has 2 aromatic rings. The quantitative estimate of drug-likeness (QED) is 0.489. The minimum Gasteiger partial charge on any atom is -0.378 e. The average Bonchev–Trinajstić information content (AvgIpc) is 2.81. The Kier molecular flexibility index (Phi) is 7.97. The number of benzene rings is 2. The molecule has 1 aliphatic rings. The van der Waals surface area contributed by atoms with Gasteiger partial charge in [0.2, 0.25) is 0 Å². The maximum Gasteiger partial charge on any atom is 0.270 e. The topological polar surface area (TPSA) is 88.0 Å². The van der Waals surface area contributed by atoms with E-state index < -0.39 is 4.92 Å². The Bertz CT molecular complexity index is 908. The van der Waals surface area contributed by atoms with E-state index in [1.54, 1.807) is 6.07 Å². The minimum atomic E-state index is -0.473. The monoisotopic (exact) mass is 426 g/mol. The average molecular weight is 427 g/mol. The number of morpholine rings is 1. The molecule has 1 amide bonds. The highest BCUT2D eigenvalue weighted by atomic mass is 16.6. The molecule has 1 fully saturated rings. The van der Waals surface area contributed by atoms with Gasteiger partial charge in [0.05, 0.1) is 29.4 Å². The number of ether oxygens (including phenoxy) is 1. The first kappa shape index (κ1) is 22.7. The van der Waals surface area contributed by atoms with Crippen LogP contribution in [0, 0.1) is 10.1 Å². The lowest BCUT2D eigenvalue weighted by Crippen LogP contribution is -2.38. The van der Waals surface area contributed by atoms with Crippen molar-refractivity contribution in [2.24, 2.45) is 0 Å². The second-order valence-electron chi connectivity index (χ2n) is 7.47. The van der Waals surface area contributed by atoms with Crippen LogP contribution in [-0.4, -0.2) is 55.1 Å². The summed E-state index contributed by atoms with van der Waals surface area (Å²) in [5, 5.41) is 14.3. The van der Waals surface area contributed by atoms with Gasteiger partial charge in [-0.1, -0.05) is 38.1 Å². The minimum absolute atomic E-state index is 0.0934. The Morgan fingerprint density at radius 3 is 2.45 bits per heavy atom. The van der Waals surface area contributed by atoms with E-state index in [4.69, 9.17) is 4.74 Å². The van der Waals surface area contributed by atoms with Crippen molar-refractivity contribution in [3.63, 3.8) is 0 Å². The van der Waals surface area contributed by atoms with E-state index in [1.165, 1.54) is 17.7 Å². The molecule has 0 spiro atoms. The standard InChI is InChI=1S/C23H30N4O4/c1-3-25(4-2)17-19-8-6-5-7-18(19)16-24-23(28)21-15-20(27(29)30)9-10-22(21)26-11-13-31-14-12-26/h5-10,15H,3-4,11-14,16-17H2,1-2H3,(H,24,28). The van der Waals surface area contributed by atoms with Crippen LogP contribution >= 0.6 is 0 Å². The lowest BCUT2D eigenvalue weighted by molar-refractivity contribution is -0.384. The highest BCUT2D eigenvalue weighted by molar-refractivity contribution is 6.00. The van der Waals surface area contributed by atoms with Crippen LogP contribution in [0.4, 0.5) is 11.4 Å². The number of carbonyl (C=O) groups is 1. The second-order valence-corrected chi connectivity index (χ2v) is 7.47. The highest BCUT2D eigenvalue weighted by Crippen LogP contribution is 2.26. The second kappa shape index (κ2) is 10.9. The van der Waals surface area contributed by atoms with Crippen LogP contribution in [0.5, 0.6) is 0 Å². The van der Waals surface area contributed by atoms with E-state index >= 15 is 0 Å². The van der Waals surface area contributed by atoms with Gasteiger partial charge in [-0.05, 0) is 30.3 Å². The number of nitro benzene ring substituents is 1. The molecule has 1 aliphatic heterocycles. The summed E-state index contributed by atoms with van der Waals surface area (Å²) >= 11 is 0. The summed E-state index contributed by atoms with van der Waals surface area (Å²) in [5.74, 6) is -0.317. The van der Waals surface area contributed by atoms with Crippen LogP contribution in [0.2, 0.25) is 0 Å². The van der Waals surface area contributed by atoms with Crippen molar-refractivity contribution >= 4 is 17.3 Å². The van der Waals surface area contributed by atoms with Crippen molar-refractivity contribution < 1.29 is 14.5 Å². The third-order valence-corrected chi connectivity index (χ3v) is 5.63. The molecule has 166 valence electrons. The number of anilines is 1. The molecule has 0 bridgehead atoms. The number of nitrogens with one attached hydrogen (secondary N) is 1. The number of carbonyl (C=O) groups excluding carboxylic acids is 1. The molecule has 1 N–H and O–H groups in total. The van der Waals surface area contributed by atoms with Gasteiger partial charge in [-0.2, -0.15) is 0 Å². The number of hydrogen-bond acceptors (Lipinski definition) is 6. The van der Waals surface area contributed by atoms with Gasteiger partial charge in [0.15, 0.2) is 0 Å². The Labute approximate surface area is 182 Å². The molecule has 31 heavy (non-hydrogen) atoms. The predicted octanol–water partition coefficient (Wildman–Crippen LogP) is 3.20. The van der Waals surface area contributed by atoms with E-state index in [-0.39, 0.29) is 11.6 Å². The SMILES string of the molecule is CCN(CC)Cc1ccccc1CNC(=O)c1cc([N+](=O)[O-])ccc1N1CCOCC1. The van der Waals surface area contributed by atoms with Gasteiger partial charge in [0.25, 0.3) is 11.6 Å². The van der Waals surface area contributed by atoms with Crippen molar-refractivity contribution in [3.05, 3.63) is 69.3 Å². The van der Waals surface area contributed by atoms with Gasteiger partial charge in [-0.15, -0.1) is 0 Å². The van der Waals surface area contributed by atoms with Crippen molar-refractivity contribution in [2.75, 3.05) is 44.3 Å². The van der Waals surface area contributed by atoms with Gasteiger partial charge in [0.1, 0.15) is 0 Å². The number of nitro groups is 1. The summed E-state index contributed by atoms with van der Waals surface area (Å²) in [6.07, 6.45) is 0. The molecule has 8 nitrogen and oxygen atoms in total. The summed E-state index contributed by atoms with van der Waals surface area (Å²) in [6.45, 7) is 9.76. The van der Waals surface area contributed by atoms with Crippen LogP contribution < -0.4 is 10.2 Å². The number of hydrogen-bond donors (Lipinski definition) is 1. The molecule has 0 aromatic heterocycles. The van der Waals surface area contributed by atoms with E-state index in [0.29, 0.717) is 44.1 Å². The molecule has 2 aromatic carbocycles. The fourth-order valence-electron chi connectivity index (χ4n) is 3.74. The first-order chi connectivity index (χ1) is 15.0. The van der Waals surface area contributed by atoms with Gasteiger partial charge >= 0.3 is 0 Å². The van der Waals surface area contributed by atoms with Crippen molar-refractivity contribution in [1.29, 1.82) is 0 Å². The van der Waals surface area contributed by atoms with Crippen LogP contribution in [0.1, 0.15) is 35.3 Å². The summed E-state index contributed by atoms with van der Waals surface area (Å²) < 4.78 is 5.40. The normalized spacial score (nSPS) is 14.0. The Morgan fingerprint density at radius 2 is 1.81 bits per heavy atom. The van der Waals surface area contributed by atoms with Crippen molar-refractivity contribution in [1.82, 2.24) is 10.2 Å². The zero-order valence-corrected chi connectivity index (χ0v) is 18.2. The largest absolute Gasteiger partial charge is 0.378 e. The van der Waals surface area contributed by atoms with Crippen LogP contribution in [0.15, 0.2) is 42.5 Å². The maximum atomic E-state index is 13.1. The molecule has 0 aliphatic carbocycles. The highest BCUT2D eigenvalue weighted by Gasteiger charge is 2.22. The van der Waals surface area contributed by atoms with E-state index in [9.17, 15) is 14.9 Å². The van der Waals surface area contributed by atoms with E-state index in [0.717, 1.165) is 25.2 Å². The zero-order chi connectivity index (χ0) is 22.2. The fourth-order valence-corrected chi connectivity index (χ4v) is 3.74. The first-order valence-electron chi connectivity index (χ1n) is 10.7. The molecular weight excluding hydrogens is 396 g/mol. The lowest BCUT2D eigenvalue weighted by atomic mass is 10.1. The number of non-ortho nitro benzene ring substituents is 1. The number of rotatable bonds is 9. The molecule has 0 atom stereocenters. The molecule has 1 heterocycles. The molecule has 0 radical (unpaired) electrons. The summed E-state index contributed by atoms with van der Waals surface area (Å²) in [4.78, 5) is 28.3. The Balaban J connectivity index is 1.80. The predicted molar refractivity (Wildman–Crippen MR) is 120 cm³/mol. The van der Waals surface area contributed by atoms with Crippen LogP contribution in [-0.2, 0) is 17.8 Å². The third-order valence-electron chi connectivity index (χ3n) is 5.63. The van der Waals surface area contributed by atoms with Crippen LogP contribution in [0.25, 0.3) is 0 Å². The summed E-state index contributed by atoms with van der Waals surface area (Å²) in [6, 6.07) is 12.5. The van der Waals surface area contributed by atoms with Crippen LogP contribution in [0.3, 0.4) is 0 Å². The van der Waals surface area contributed by atoms with Gasteiger partial charge < -0.3 is 15.0 Å². The van der Waals surface area contributed by atoms with Gasteiger partial charge in [0, 0.05) is 38.3 Å². The third kappa shape index (κ3) is 5.80. The fraction of sp³-hybridized carbons (Fsp3) is 0.435. The summed E-state index contributed by atoms with van der Waals surface area (Å²) in [5.41, 5.74) is 3.13. The van der Waals surface area contributed by atoms with Crippen molar-refractivity contribution in [3.8, 4) is 0 Å². The maximum absolute atomic E-state index is 13.1. The molecule has 8 heteroatoms. The zero-order valence-electron chi connectivity index (χ0n) is 18.2. The van der Waals surface area contributed by atoms with Crippen molar-refractivity contribution in [2.45, 2.75) is 26.9 Å². The van der Waals surface area contributed by atoms with Gasteiger partial charge in [-0.25, -0.2) is 0 Å². The van der Waals surface area contributed by atoms with E-state index in [1.807, 2.05) is 23.1 Å². The Hall–Kier alpha value is -2.97. The lowest BCUT2D eigenvalue weighted by Gasteiger charge is -2.30. The molecular formula is C23H30N4O4. The smallest absolute Gasteiger partial charge is 0.270 e. The van der Waals surface area contributed by atoms with E-state index in [2.05, 4.69) is 30.1 Å². The van der Waals surface area contributed by atoms with Gasteiger partial charge in [-0.3, -0.25) is 19.8 Å². The molecule has 0 saturated carbocycles. The summed E-state index contributed by atoms with van der Waals surface area (Å²) in [7, 11) is 0. The molecule has 3 rings (SSSR count). The molecule has 0 unspecified atom stereocenters. The first-order valence-corrected chi connectivity index (χ1v) is 10.7. The molecule has 1 saturated heterocycles.